The molecule has 0 fully saturated rings. The van der Waals surface area contributed by atoms with Gasteiger partial charge in [-0.2, -0.15) is 0 Å². The number of phenols is 1. The summed E-state index contributed by atoms with van der Waals surface area (Å²) < 4.78 is 1.33. The van der Waals surface area contributed by atoms with Gasteiger partial charge in [0.25, 0.3) is 0 Å². The van der Waals surface area contributed by atoms with Crippen molar-refractivity contribution in [2.24, 2.45) is 5.73 Å². The number of nitrogens with zero attached hydrogens (tertiary/aromatic N) is 1. The fraction of sp³-hybridized carbons (Fsp3) is 0.314. The first-order valence-electron chi connectivity index (χ1n) is 14.6. The van der Waals surface area contributed by atoms with Crippen molar-refractivity contribution >= 4 is 17.6 Å². The molecule has 3 aromatic carbocycles. The molecule has 0 radical (unpaired) electrons. The van der Waals surface area contributed by atoms with Crippen molar-refractivity contribution in [1.29, 1.82) is 0 Å². The van der Waals surface area contributed by atoms with Crippen LogP contribution in [-0.2, 0) is 21.2 Å². The lowest BCUT2D eigenvalue weighted by molar-refractivity contribution is -0.123. The summed E-state index contributed by atoms with van der Waals surface area (Å²) in [4.78, 5) is 26.1. The molecule has 2 unspecified atom stereocenters. The molecule has 9 heteroatoms. The smallest absolute Gasteiger partial charge is 0.319 e. The first-order valence-corrected chi connectivity index (χ1v) is 14.6. The van der Waals surface area contributed by atoms with E-state index in [2.05, 4.69) is 10.6 Å². The van der Waals surface area contributed by atoms with E-state index in [1.54, 1.807) is 50.2 Å². The Kier molecular flexibility index (Phi) is 8.72. The summed E-state index contributed by atoms with van der Waals surface area (Å²) in [6, 6.07) is 22.6. The summed E-state index contributed by atoms with van der Waals surface area (Å²) in [5.74, 6) is -0.903. The van der Waals surface area contributed by atoms with Crippen LogP contribution in [0.3, 0.4) is 0 Å². The fourth-order valence-electron chi connectivity index (χ4n) is 6.00. The third-order valence-corrected chi connectivity index (χ3v) is 8.82. The molecule has 232 valence electrons. The van der Waals surface area contributed by atoms with Gasteiger partial charge in [-0.15, -0.1) is 0 Å². The molecule has 2 atom stereocenters. The lowest BCUT2D eigenvalue weighted by atomic mass is 9.64. The molecule has 0 aliphatic carbocycles. The standard InChI is InChI=1S/C35H42N4O5/c1-7-34(5,21-35(6,31(36)43)28-22(2)29(41)39(30(28)42)26-14-9-8-10-15-26)24-13-11-12-23(20-24)33(3,4)38-32(44)37-25-16-18-27(40)19-17-25/h8-20,40-42H,7,21H2,1-6H3,(H2,36,43)(H2,37,38,44). The molecule has 0 saturated carbocycles. The van der Waals surface area contributed by atoms with Gasteiger partial charge in [0.1, 0.15) is 5.75 Å². The maximum atomic E-state index is 13.3. The quantitative estimate of drug-likeness (QED) is 0.116. The first-order chi connectivity index (χ1) is 20.6. The van der Waals surface area contributed by atoms with Gasteiger partial charge in [-0.05, 0) is 93.5 Å². The summed E-state index contributed by atoms with van der Waals surface area (Å²) >= 11 is 0. The molecular weight excluding hydrogens is 556 g/mol. The van der Waals surface area contributed by atoms with Gasteiger partial charge in [-0.3, -0.25) is 9.36 Å². The van der Waals surface area contributed by atoms with Gasteiger partial charge in [0.15, 0.2) is 0 Å². The van der Waals surface area contributed by atoms with Crippen molar-refractivity contribution in [3.8, 4) is 23.2 Å². The molecule has 0 aliphatic heterocycles. The Morgan fingerprint density at radius 1 is 0.841 bits per heavy atom. The van der Waals surface area contributed by atoms with Crippen LogP contribution in [0.5, 0.6) is 17.5 Å². The van der Waals surface area contributed by atoms with E-state index in [1.807, 2.05) is 58.0 Å². The lowest BCUT2D eigenvalue weighted by Gasteiger charge is -2.39. The molecule has 3 amide bonds. The number of carbonyl (C=O) groups excluding carboxylic acids is 2. The fourth-order valence-corrected chi connectivity index (χ4v) is 6.00. The van der Waals surface area contributed by atoms with E-state index in [0.29, 0.717) is 23.4 Å². The zero-order chi connectivity index (χ0) is 32.4. The second-order valence-electron chi connectivity index (χ2n) is 12.4. The zero-order valence-electron chi connectivity index (χ0n) is 26.1. The Morgan fingerprint density at radius 3 is 2.05 bits per heavy atom. The maximum Gasteiger partial charge on any atom is 0.319 e. The molecule has 4 aromatic rings. The maximum absolute atomic E-state index is 13.3. The summed E-state index contributed by atoms with van der Waals surface area (Å²) in [5.41, 5.74) is 6.94. The van der Waals surface area contributed by atoms with Gasteiger partial charge < -0.3 is 31.7 Å². The molecule has 0 saturated heterocycles. The Labute approximate surface area is 258 Å². The number of phenolic OH excluding ortho intramolecular Hbond substituents is 1. The normalized spacial score (nSPS) is 14.3. The van der Waals surface area contributed by atoms with Crippen molar-refractivity contribution in [1.82, 2.24) is 9.88 Å². The van der Waals surface area contributed by atoms with Crippen LogP contribution in [0.25, 0.3) is 5.69 Å². The topological polar surface area (TPSA) is 150 Å². The van der Waals surface area contributed by atoms with Crippen molar-refractivity contribution in [2.75, 3.05) is 5.32 Å². The highest BCUT2D eigenvalue weighted by atomic mass is 16.3. The van der Waals surface area contributed by atoms with E-state index in [0.717, 1.165) is 11.1 Å². The number of nitrogens with two attached hydrogens (primary N) is 1. The molecule has 44 heavy (non-hydrogen) atoms. The molecule has 4 rings (SSSR count). The number of primary amides is 1. The summed E-state index contributed by atoms with van der Waals surface area (Å²) in [5, 5.41) is 37.8. The van der Waals surface area contributed by atoms with E-state index < -0.39 is 28.3 Å². The molecule has 1 heterocycles. The Morgan fingerprint density at radius 2 is 1.45 bits per heavy atom. The minimum absolute atomic E-state index is 0.107. The summed E-state index contributed by atoms with van der Waals surface area (Å²) in [6.45, 7) is 11.3. The highest BCUT2D eigenvalue weighted by Gasteiger charge is 2.46. The lowest BCUT2D eigenvalue weighted by Crippen LogP contribution is -2.45. The summed E-state index contributed by atoms with van der Waals surface area (Å²) in [7, 11) is 0. The predicted octanol–water partition coefficient (Wildman–Crippen LogP) is 6.46. The van der Waals surface area contributed by atoms with E-state index in [-0.39, 0.29) is 29.5 Å². The number of rotatable bonds is 10. The van der Waals surface area contributed by atoms with Crippen LogP contribution < -0.4 is 16.4 Å². The van der Waals surface area contributed by atoms with Crippen molar-refractivity contribution in [3.05, 3.63) is 101 Å². The third-order valence-electron chi connectivity index (χ3n) is 8.82. The second kappa shape index (κ2) is 12.0. The number of hydrogen-bond donors (Lipinski definition) is 6. The van der Waals surface area contributed by atoms with Gasteiger partial charge in [-0.1, -0.05) is 56.3 Å². The molecule has 0 spiro atoms. The Hall–Kier alpha value is -4.92. The Bertz CT molecular complexity index is 1660. The monoisotopic (exact) mass is 598 g/mol. The molecular formula is C35H42N4O5. The average molecular weight is 599 g/mol. The number of aromatic nitrogens is 1. The van der Waals surface area contributed by atoms with E-state index in [1.165, 1.54) is 16.7 Å². The molecule has 0 aliphatic rings. The van der Waals surface area contributed by atoms with E-state index >= 15 is 0 Å². The molecule has 7 N–H and O–H groups in total. The Balaban J connectivity index is 1.68. The minimum Gasteiger partial charge on any atom is -0.508 e. The first kappa shape index (κ1) is 32.0. The number of urea groups is 1. The predicted molar refractivity (Wildman–Crippen MR) is 172 cm³/mol. The number of nitrogens with one attached hydrogen (secondary N) is 2. The van der Waals surface area contributed by atoms with Gasteiger partial charge in [-0.25, -0.2) is 4.79 Å². The van der Waals surface area contributed by atoms with Crippen molar-refractivity contribution < 1.29 is 24.9 Å². The number of carbonyl (C=O) groups is 2. The van der Waals surface area contributed by atoms with E-state index in [4.69, 9.17) is 5.73 Å². The number of para-hydroxylation sites is 1. The molecule has 1 aromatic heterocycles. The van der Waals surface area contributed by atoms with Gasteiger partial charge in [0.05, 0.1) is 16.6 Å². The highest BCUT2D eigenvalue weighted by Crippen LogP contribution is 2.49. The van der Waals surface area contributed by atoms with Crippen LogP contribution in [0.2, 0.25) is 0 Å². The molecule has 9 nitrogen and oxygen atoms in total. The summed E-state index contributed by atoms with van der Waals surface area (Å²) in [6.07, 6.45) is 0.886. The van der Waals surface area contributed by atoms with Crippen molar-refractivity contribution in [2.45, 2.75) is 70.8 Å². The van der Waals surface area contributed by atoms with Crippen LogP contribution in [0.1, 0.15) is 69.7 Å². The number of benzene rings is 3. The van der Waals surface area contributed by atoms with Crippen LogP contribution >= 0.6 is 0 Å². The van der Waals surface area contributed by atoms with Crippen LogP contribution in [0, 0.1) is 6.92 Å². The van der Waals surface area contributed by atoms with Crippen LogP contribution in [0.4, 0.5) is 10.5 Å². The number of aromatic hydroxyl groups is 3. The van der Waals surface area contributed by atoms with Gasteiger partial charge >= 0.3 is 6.03 Å². The largest absolute Gasteiger partial charge is 0.508 e. The zero-order valence-corrected chi connectivity index (χ0v) is 26.1. The van der Waals surface area contributed by atoms with Gasteiger partial charge in [0, 0.05) is 16.8 Å². The van der Waals surface area contributed by atoms with Crippen LogP contribution in [0.15, 0.2) is 78.9 Å². The van der Waals surface area contributed by atoms with E-state index in [9.17, 15) is 24.9 Å². The van der Waals surface area contributed by atoms with Crippen molar-refractivity contribution in [3.63, 3.8) is 0 Å². The highest BCUT2D eigenvalue weighted by molar-refractivity contribution is 5.90. The molecule has 0 bridgehead atoms. The van der Waals surface area contributed by atoms with Crippen LogP contribution in [-0.4, -0.2) is 31.8 Å². The number of amides is 3. The minimum atomic E-state index is -1.34. The second-order valence-corrected chi connectivity index (χ2v) is 12.4. The average Bonchev–Trinajstić information content (AvgIpc) is 3.21. The number of anilines is 1. The number of hydrogen-bond acceptors (Lipinski definition) is 5. The SMILES string of the molecule is CCC(C)(CC(C)(C(N)=O)c1c(C)c(O)n(-c2ccccc2)c1O)c1cccc(C(C)(C)NC(=O)Nc2ccc(O)cc2)c1. The van der Waals surface area contributed by atoms with Gasteiger partial charge in [0.2, 0.25) is 17.7 Å². The third kappa shape index (κ3) is 6.08.